The smallest absolute Gasteiger partial charge is 0.313 e. The molecule has 2 aromatic carbocycles. The van der Waals surface area contributed by atoms with Gasteiger partial charge in [0.1, 0.15) is 5.75 Å². The Morgan fingerprint density at radius 2 is 1.71 bits per heavy atom. The van der Waals surface area contributed by atoms with Crippen molar-refractivity contribution in [3.05, 3.63) is 81.6 Å². The van der Waals surface area contributed by atoms with E-state index in [-0.39, 0.29) is 22.4 Å². The Labute approximate surface area is 183 Å². The Kier molecular flexibility index (Phi) is 5.94. The molecule has 31 heavy (non-hydrogen) atoms. The summed E-state index contributed by atoms with van der Waals surface area (Å²) in [4.78, 5) is 35.8. The molecule has 9 nitrogen and oxygen atoms in total. The molecule has 1 aliphatic rings. The minimum atomic E-state index is -0.556. The molecule has 158 valence electrons. The van der Waals surface area contributed by atoms with Gasteiger partial charge < -0.3 is 14.5 Å². The van der Waals surface area contributed by atoms with Crippen LogP contribution in [0.2, 0.25) is 5.02 Å². The van der Waals surface area contributed by atoms with Crippen LogP contribution in [0.5, 0.6) is 11.5 Å². The third-order valence-electron chi connectivity index (χ3n) is 4.85. The van der Waals surface area contributed by atoms with Crippen LogP contribution in [0.3, 0.4) is 0 Å². The number of nitro benzene ring substituents is 1. The molecule has 1 aromatic heterocycles. The number of nitro groups is 1. The van der Waals surface area contributed by atoms with Crippen molar-refractivity contribution in [2.24, 2.45) is 0 Å². The third-order valence-corrected chi connectivity index (χ3v) is 5.08. The monoisotopic (exact) mass is 439 g/mol. The topological polar surface area (TPSA) is 102 Å². The van der Waals surface area contributed by atoms with Crippen LogP contribution in [-0.2, 0) is 0 Å². The maximum Gasteiger partial charge on any atom is 0.313 e. The standard InChI is InChI=1S/C21H18ClN5O4/c22-16-4-7-19(18(14-16)27(29)30)31-17-5-2-15(3-6-17)20(28)25-10-12-26(13-11-25)21-23-8-1-9-24-21/h1-9,14H,10-13H2. The van der Waals surface area contributed by atoms with Crippen molar-refractivity contribution in [3.8, 4) is 11.5 Å². The summed E-state index contributed by atoms with van der Waals surface area (Å²) in [5, 5.41) is 11.5. The lowest BCUT2D eigenvalue weighted by Gasteiger charge is -2.34. The van der Waals surface area contributed by atoms with Gasteiger partial charge in [0.2, 0.25) is 11.7 Å². The molecule has 0 atom stereocenters. The van der Waals surface area contributed by atoms with Gasteiger partial charge in [-0.05, 0) is 42.5 Å². The van der Waals surface area contributed by atoms with E-state index in [0.29, 0.717) is 43.4 Å². The van der Waals surface area contributed by atoms with Crippen LogP contribution in [0.1, 0.15) is 10.4 Å². The van der Waals surface area contributed by atoms with Crippen LogP contribution >= 0.6 is 11.6 Å². The normalized spacial score (nSPS) is 13.7. The number of piperazine rings is 1. The van der Waals surface area contributed by atoms with E-state index in [0.717, 1.165) is 0 Å². The van der Waals surface area contributed by atoms with E-state index in [1.165, 1.54) is 18.2 Å². The second kappa shape index (κ2) is 8.97. The lowest BCUT2D eigenvalue weighted by atomic mass is 10.1. The molecular weight excluding hydrogens is 422 g/mol. The molecule has 1 amide bonds. The molecule has 2 heterocycles. The number of hydrogen-bond acceptors (Lipinski definition) is 7. The zero-order valence-electron chi connectivity index (χ0n) is 16.3. The molecule has 0 N–H and O–H groups in total. The molecule has 1 saturated heterocycles. The van der Waals surface area contributed by atoms with E-state index in [4.69, 9.17) is 16.3 Å². The SMILES string of the molecule is O=C(c1ccc(Oc2ccc(Cl)cc2[N+](=O)[O-])cc1)N1CCN(c2ncccn2)CC1. The van der Waals surface area contributed by atoms with Crippen molar-refractivity contribution in [2.75, 3.05) is 31.1 Å². The predicted octanol–water partition coefficient (Wildman–Crippen LogP) is 3.79. The molecule has 0 unspecified atom stereocenters. The molecule has 3 aromatic rings. The molecule has 10 heteroatoms. The van der Waals surface area contributed by atoms with Crippen molar-refractivity contribution in [1.82, 2.24) is 14.9 Å². The lowest BCUT2D eigenvalue weighted by molar-refractivity contribution is -0.385. The van der Waals surface area contributed by atoms with Crippen molar-refractivity contribution in [2.45, 2.75) is 0 Å². The van der Waals surface area contributed by atoms with Crippen LogP contribution in [0.15, 0.2) is 60.9 Å². The van der Waals surface area contributed by atoms with Gasteiger partial charge in [-0.25, -0.2) is 9.97 Å². The van der Waals surface area contributed by atoms with Crippen LogP contribution in [0.25, 0.3) is 0 Å². The number of anilines is 1. The van der Waals surface area contributed by atoms with Gasteiger partial charge >= 0.3 is 5.69 Å². The summed E-state index contributed by atoms with van der Waals surface area (Å²) in [5.41, 5.74) is 0.287. The summed E-state index contributed by atoms with van der Waals surface area (Å²) < 4.78 is 5.62. The van der Waals surface area contributed by atoms with Gasteiger partial charge in [-0.15, -0.1) is 0 Å². The number of rotatable bonds is 5. The first-order chi connectivity index (χ1) is 15.0. The predicted molar refractivity (Wildman–Crippen MR) is 115 cm³/mol. The van der Waals surface area contributed by atoms with E-state index in [1.807, 2.05) is 4.90 Å². The lowest BCUT2D eigenvalue weighted by Crippen LogP contribution is -2.49. The first-order valence-corrected chi connectivity index (χ1v) is 9.92. The number of halogens is 1. The molecule has 0 radical (unpaired) electrons. The second-order valence-electron chi connectivity index (χ2n) is 6.82. The highest BCUT2D eigenvalue weighted by Gasteiger charge is 2.23. The van der Waals surface area contributed by atoms with E-state index in [9.17, 15) is 14.9 Å². The van der Waals surface area contributed by atoms with Crippen LogP contribution in [0.4, 0.5) is 11.6 Å². The van der Waals surface area contributed by atoms with Crippen molar-refractivity contribution >= 4 is 29.1 Å². The van der Waals surface area contributed by atoms with Crippen molar-refractivity contribution in [1.29, 1.82) is 0 Å². The van der Waals surface area contributed by atoms with E-state index in [2.05, 4.69) is 9.97 Å². The Morgan fingerprint density at radius 3 is 2.35 bits per heavy atom. The average molecular weight is 440 g/mol. The second-order valence-corrected chi connectivity index (χ2v) is 7.26. The maximum absolute atomic E-state index is 12.8. The van der Waals surface area contributed by atoms with E-state index >= 15 is 0 Å². The zero-order valence-corrected chi connectivity index (χ0v) is 17.1. The van der Waals surface area contributed by atoms with Crippen molar-refractivity contribution < 1.29 is 14.5 Å². The van der Waals surface area contributed by atoms with Crippen LogP contribution in [0, 0.1) is 10.1 Å². The minimum absolute atomic E-state index is 0.0766. The van der Waals surface area contributed by atoms with Crippen molar-refractivity contribution in [3.63, 3.8) is 0 Å². The fraction of sp³-hybridized carbons (Fsp3) is 0.190. The van der Waals surface area contributed by atoms with Crippen LogP contribution < -0.4 is 9.64 Å². The fourth-order valence-electron chi connectivity index (χ4n) is 3.26. The molecule has 4 rings (SSSR count). The Bertz CT molecular complexity index is 1090. The van der Waals surface area contributed by atoms with Gasteiger partial charge in [-0.2, -0.15) is 0 Å². The average Bonchev–Trinajstić information content (AvgIpc) is 2.81. The van der Waals surface area contributed by atoms with Gasteiger partial charge in [0.25, 0.3) is 5.91 Å². The summed E-state index contributed by atoms with van der Waals surface area (Å²) in [6.07, 6.45) is 3.39. The molecule has 0 spiro atoms. The number of benzene rings is 2. The Hall–Kier alpha value is -3.72. The summed E-state index contributed by atoms with van der Waals surface area (Å²) in [6.45, 7) is 2.42. The van der Waals surface area contributed by atoms with Gasteiger partial charge in [0.05, 0.1) is 4.92 Å². The fourth-order valence-corrected chi connectivity index (χ4v) is 3.43. The quantitative estimate of drug-likeness (QED) is 0.440. The Morgan fingerprint density at radius 1 is 1.03 bits per heavy atom. The largest absolute Gasteiger partial charge is 0.450 e. The number of amides is 1. The van der Waals surface area contributed by atoms with E-state index in [1.54, 1.807) is 47.6 Å². The molecule has 0 bridgehead atoms. The minimum Gasteiger partial charge on any atom is -0.450 e. The molecule has 0 aliphatic carbocycles. The van der Waals surface area contributed by atoms with Gasteiger partial charge in [0, 0.05) is 55.2 Å². The number of nitrogens with zero attached hydrogens (tertiary/aromatic N) is 5. The highest BCUT2D eigenvalue weighted by Crippen LogP contribution is 2.33. The zero-order chi connectivity index (χ0) is 21.8. The molecule has 1 fully saturated rings. The van der Waals surface area contributed by atoms with E-state index < -0.39 is 4.92 Å². The first-order valence-electron chi connectivity index (χ1n) is 9.54. The molecule has 1 aliphatic heterocycles. The van der Waals surface area contributed by atoms with Gasteiger partial charge in [-0.3, -0.25) is 14.9 Å². The third kappa shape index (κ3) is 4.72. The first kappa shape index (κ1) is 20.5. The summed E-state index contributed by atoms with van der Waals surface area (Å²) in [7, 11) is 0. The Balaban J connectivity index is 1.40. The van der Waals surface area contributed by atoms with Crippen LogP contribution in [-0.4, -0.2) is 51.9 Å². The van der Waals surface area contributed by atoms with Gasteiger partial charge in [0.15, 0.2) is 0 Å². The summed E-state index contributed by atoms with van der Waals surface area (Å²) in [5.74, 6) is 1.03. The number of carbonyl (C=O) groups is 1. The number of carbonyl (C=O) groups excluding carboxylic acids is 1. The number of aromatic nitrogens is 2. The number of ether oxygens (including phenoxy) is 1. The van der Waals surface area contributed by atoms with Gasteiger partial charge in [-0.1, -0.05) is 11.6 Å². The maximum atomic E-state index is 12.8. The highest BCUT2D eigenvalue weighted by molar-refractivity contribution is 6.30. The molecular formula is C21H18ClN5O4. The highest BCUT2D eigenvalue weighted by atomic mass is 35.5. The summed E-state index contributed by atoms with van der Waals surface area (Å²) >= 11 is 5.83. The molecule has 0 saturated carbocycles. The number of hydrogen-bond donors (Lipinski definition) is 0. The summed E-state index contributed by atoms with van der Waals surface area (Å²) in [6, 6.07) is 12.5.